The first-order valence-electron chi connectivity index (χ1n) is 9.85. The van der Waals surface area contributed by atoms with E-state index in [1.54, 1.807) is 0 Å². The van der Waals surface area contributed by atoms with E-state index in [2.05, 4.69) is 15.6 Å². The summed E-state index contributed by atoms with van der Waals surface area (Å²) in [6.45, 7) is 6.07. The molecule has 2 aliphatic rings. The van der Waals surface area contributed by atoms with Crippen molar-refractivity contribution in [1.82, 2.24) is 15.5 Å². The fraction of sp³-hybridized carbons (Fsp3) is 0.944. The van der Waals surface area contributed by atoms with Gasteiger partial charge in [-0.05, 0) is 64.0 Å². The summed E-state index contributed by atoms with van der Waals surface area (Å²) in [6, 6.07) is 0. The largest absolute Gasteiger partial charge is 0.401 e. The molecular formula is C18H34F3IN4O. The van der Waals surface area contributed by atoms with E-state index in [-0.39, 0.29) is 24.0 Å². The number of guanidine groups is 1. The lowest BCUT2D eigenvalue weighted by Crippen LogP contribution is -2.40. The third kappa shape index (κ3) is 12.0. The van der Waals surface area contributed by atoms with Crippen molar-refractivity contribution < 1.29 is 17.9 Å². The zero-order chi connectivity index (χ0) is 18.8. The van der Waals surface area contributed by atoms with Gasteiger partial charge in [0.2, 0.25) is 0 Å². The van der Waals surface area contributed by atoms with Crippen molar-refractivity contribution >= 4 is 29.9 Å². The first kappa shape index (κ1) is 24.7. The number of hydrogen-bond acceptors (Lipinski definition) is 3. The van der Waals surface area contributed by atoms with Crippen molar-refractivity contribution in [3.63, 3.8) is 0 Å². The van der Waals surface area contributed by atoms with Crippen molar-refractivity contribution in [1.29, 1.82) is 0 Å². The normalized spacial score (nSPS) is 19.6. The summed E-state index contributed by atoms with van der Waals surface area (Å²) in [5.74, 6) is 2.03. The third-order valence-electron chi connectivity index (χ3n) is 4.85. The SMILES string of the molecule is CCNC(=NCCC1CCN(CC(F)(F)F)CC1)NCCOCC1CC1.I. The molecule has 27 heavy (non-hydrogen) atoms. The van der Waals surface area contributed by atoms with Gasteiger partial charge in [-0.25, -0.2) is 0 Å². The highest BCUT2D eigenvalue weighted by atomic mass is 127. The van der Waals surface area contributed by atoms with E-state index in [0.717, 1.165) is 50.8 Å². The maximum absolute atomic E-state index is 12.4. The Labute approximate surface area is 177 Å². The van der Waals surface area contributed by atoms with Crippen molar-refractivity contribution in [2.24, 2.45) is 16.8 Å². The molecule has 0 unspecified atom stereocenters. The highest BCUT2D eigenvalue weighted by molar-refractivity contribution is 14.0. The predicted molar refractivity (Wildman–Crippen MR) is 113 cm³/mol. The molecular weight excluding hydrogens is 472 g/mol. The summed E-state index contributed by atoms with van der Waals surface area (Å²) < 4.78 is 42.8. The molecule has 0 aromatic rings. The van der Waals surface area contributed by atoms with Crippen molar-refractivity contribution in [2.75, 3.05) is 52.5 Å². The summed E-state index contributed by atoms with van der Waals surface area (Å²) in [4.78, 5) is 6.08. The molecule has 2 fully saturated rings. The van der Waals surface area contributed by atoms with E-state index in [9.17, 15) is 13.2 Å². The van der Waals surface area contributed by atoms with Crippen LogP contribution < -0.4 is 10.6 Å². The highest BCUT2D eigenvalue weighted by Crippen LogP contribution is 2.28. The lowest BCUT2D eigenvalue weighted by atomic mass is 9.93. The molecule has 0 aromatic carbocycles. The van der Waals surface area contributed by atoms with Crippen LogP contribution in [0.3, 0.4) is 0 Å². The molecule has 0 bridgehead atoms. The topological polar surface area (TPSA) is 48.9 Å². The van der Waals surface area contributed by atoms with Crippen LogP contribution in [-0.4, -0.2) is 69.5 Å². The van der Waals surface area contributed by atoms with Gasteiger partial charge < -0.3 is 15.4 Å². The molecule has 1 saturated heterocycles. The smallest absolute Gasteiger partial charge is 0.379 e. The number of ether oxygens (including phenoxy) is 1. The predicted octanol–water partition coefficient (Wildman–Crippen LogP) is 3.25. The second-order valence-corrected chi connectivity index (χ2v) is 7.33. The van der Waals surface area contributed by atoms with Gasteiger partial charge in [0, 0.05) is 26.2 Å². The molecule has 9 heteroatoms. The highest BCUT2D eigenvalue weighted by Gasteiger charge is 2.32. The van der Waals surface area contributed by atoms with Gasteiger partial charge in [-0.2, -0.15) is 13.2 Å². The molecule has 5 nitrogen and oxygen atoms in total. The second kappa shape index (κ2) is 13.0. The van der Waals surface area contributed by atoms with Crippen LogP contribution in [0.1, 0.15) is 39.0 Å². The first-order chi connectivity index (χ1) is 12.5. The van der Waals surface area contributed by atoms with E-state index in [1.165, 1.54) is 17.7 Å². The number of hydrogen-bond donors (Lipinski definition) is 2. The van der Waals surface area contributed by atoms with Gasteiger partial charge in [-0.15, -0.1) is 24.0 Å². The zero-order valence-electron chi connectivity index (χ0n) is 16.2. The summed E-state index contributed by atoms with van der Waals surface area (Å²) in [6.07, 6.45) is 1.08. The number of halogens is 4. The van der Waals surface area contributed by atoms with E-state index < -0.39 is 12.7 Å². The van der Waals surface area contributed by atoms with Gasteiger partial charge >= 0.3 is 6.18 Å². The molecule has 2 N–H and O–H groups in total. The van der Waals surface area contributed by atoms with Crippen molar-refractivity contribution in [2.45, 2.75) is 45.2 Å². The number of nitrogens with one attached hydrogen (secondary N) is 2. The van der Waals surface area contributed by atoms with Gasteiger partial charge in [-0.1, -0.05) is 0 Å². The van der Waals surface area contributed by atoms with Crippen LogP contribution >= 0.6 is 24.0 Å². The average Bonchev–Trinajstić information content (AvgIpc) is 3.39. The second-order valence-electron chi connectivity index (χ2n) is 7.33. The first-order valence-corrected chi connectivity index (χ1v) is 9.85. The van der Waals surface area contributed by atoms with Crippen molar-refractivity contribution in [3.05, 3.63) is 0 Å². The van der Waals surface area contributed by atoms with E-state index in [1.807, 2.05) is 6.92 Å². The molecule has 0 atom stereocenters. The molecule has 2 rings (SSSR count). The minimum Gasteiger partial charge on any atom is -0.379 e. The number of piperidine rings is 1. The third-order valence-corrected chi connectivity index (χ3v) is 4.85. The van der Waals surface area contributed by atoms with Gasteiger partial charge in [0.1, 0.15) is 0 Å². The molecule has 0 amide bonds. The summed E-state index contributed by atoms with van der Waals surface area (Å²) in [5, 5.41) is 6.48. The number of aliphatic imine (C=N–C) groups is 1. The Morgan fingerprint density at radius 1 is 1.11 bits per heavy atom. The van der Waals surface area contributed by atoms with Gasteiger partial charge in [0.05, 0.1) is 13.2 Å². The Morgan fingerprint density at radius 2 is 1.81 bits per heavy atom. The fourth-order valence-corrected chi connectivity index (χ4v) is 3.16. The van der Waals surface area contributed by atoms with Crippen LogP contribution in [0, 0.1) is 11.8 Å². The Morgan fingerprint density at radius 3 is 2.41 bits per heavy atom. The summed E-state index contributed by atoms with van der Waals surface area (Å²) >= 11 is 0. The van der Waals surface area contributed by atoms with E-state index in [4.69, 9.17) is 4.74 Å². The standard InChI is InChI=1S/C18H33F3N4O.HI/c1-2-22-17(24-9-12-26-13-16-3-4-16)23-8-5-15-6-10-25(11-7-15)14-18(19,20)21;/h15-16H,2-14H2,1H3,(H2,22,23,24);1H. The zero-order valence-corrected chi connectivity index (χ0v) is 18.5. The van der Waals surface area contributed by atoms with Crippen LogP contribution in [-0.2, 0) is 4.74 Å². The maximum atomic E-state index is 12.4. The molecule has 160 valence electrons. The summed E-state index contributed by atoms with van der Waals surface area (Å²) in [7, 11) is 0. The number of likely N-dealkylation sites (tertiary alicyclic amines) is 1. The molecule has 1 heterocycles. The minimum atomic E-state index is -4.09. The van der Waals surface area contributed by atoms with Crippen LogP contribution in [0.2, 0.25) is 0 Å². The summed E-state index contributed by atoms with van der Waals surface area (Å²) in [5.41, 5.74) is 0. The molecule has 1 saturated carbocycles. The fourth-order valence-electron chi connectivity index (χ4n) is 3.16. The molecule has 0 aromatic heterocycles. The molecule has 1 aliphatic carbocycles. The number of rotatable bonds is 10. The monoisotopic (exact) mass is 506 g/mol. The number of nitrogens with zero attached hydrogens (tertiary/aromatic N) is 2. The lowest BCUT2D eigenvalue weighted by Gasteiger charge is -2.32. The van der Waals surface area contributed by atoms with Gasteiger partial charge in [-0.3, -0.25) is 9.89 Å². The number of alkyl halides is 3. The molecule has 0 spiro atoms. The Balaban J connectivity index is 0.00000364. The van der Waals surface area contributed by atoms with Gasteiger partial charge in [0.25, 0.3) is 0 Å². The van der Waals surface area contributed by atoms with Crippen molar-refractivity contribution in [3.8, 4) is 0 Å². The lowest BCUT2D eigenvalue weighted by molar-refractivity contribution is -0.148. The Bertz CT molecular complexity index is 425. The van der Waals surface area contributed by atoms with E-state index >= 15 is 0 Å². The van der Waals surface area contributed by atoms with Crippen LogP contribution in [0.5, 0.6) is 0 Å². The van der Waals surface area contributed by atoms with Gasteiger partial charge in [0.15, 0.2) is 5.96 Å². The molecule has 0 radical (unpaired) electrons. The van der Waals surface area contributed by atoms with Crippen LogP contribution in [0.25, 0.3) is 0 Å². The van der Waals surface area contributed by atoms with E-state index in [0.29, 0.717) is 32.2 Å². The van der Waals surface area contributed by atoms with Crippen LogP contribution in [0.15, 0.2) is 4.99 Å². The maximum Gasteiger partial charge on any atom is 0.401 e. The minimum absolute atomic E-state index is 0. The molecule has 1 aliphatic heterocycles. The average molecular weight is 506 g/mol. The van der Waals surface area contributed by atoms with Crippen LogP contribution in [0.4, 0.5) is 13.2 Å². The Kier molecular flexibility index (Phi) is 11.9. The Hall–Kier alpha value is -0.290. The quantitative estimate of drug-likeness (QED) is 0.207.